The number of nitrogens with zero attached hydrogens (tertiary/aromatic N) is 3. The predicted octanol–water partition coefficient (Wildman–Crippen LogP) is 7.21. The van der Waals surface area contributed by atoms with Crippen molar-refractivity contribution in [1.82, 2.24) is 0 Å². The summed E-state index contributed by atoms with van der Waals surface area (Å²) in [6, 6.07) is 4.75. The van der Waals surface area contributed by atoms with E-state index in [1.165, 1.54) is 48.3 Å². The molecule has 0 bridgehead atoms. The van der Waals surface area contributed by atoms with Gasteiger partial charge in [0.2, 0.25) is 0 Å². The van der Waals surface area contributed by atoms with Gasteiger partial charge in [0.15, 0.2) is 0 Å². The lowest BCUT2D eigenvalue weighted by Gasteiger charge is -2.36. The Bertz CT molecular complexity index is 564. The number of anilines is 3. The molecule has 1 aromatic carbocycles. The minimum Gasteiger partial charge on any atom is -0.371 e. The van der Waals surface area contributed by atoms with Gasteiger partial charge in [-0.25, -0.2) is 0 Å². The standard InChI is InChI=1S/C26H47N3/c1-8-17-27(18-9-2)24-15-16-25(28(19-10-3)20-11-4)26(23(24)14-7)29(21-12-5)22-13-6/h14-16H,7-13,17-22H2,1-6H3. The highest BCUT2D eigenvalue weighted by Gasteiger charge is 2.22. The summed E-state index contributed by atoms with van der Waals surface area (Å²) in [5, 5.41) is 0. The molecule has 0 aliphatic heterocycles. The summed E-state index contributed by atoms with van der Waals surface area (Å²) in [7, 11) is 0. The van der Waals surface area contributed by atoms with Crippen LogP contribution in [-0.2, 0) is 0 Å². The van der Waals surface area contributed by atoms with Crippen LogP contribution in [0.25, 0.3) is 6.08 Å². The first-order chi connectivity index (χ1) is 14.1. The van der Waals surface area contributed by atoms with Crippen LogP contribution in [0.5, 0.6) is 0 Å². The monoisotopic (exact) mass is 401 g/mol. The first kappa shape index (κ1) is 25.4. The summed E-state index contributed by atoms with van der Waals surface area (Å²) in [5.41, 5.74) is 5.47. The topological polar surface area (TPSA) is 9.72 Å². The molecule has 0 aliphatic rings. The van der Waals surface area contributed by atoms with Crippen LogP contribution in [0.15, 0.2) is 18.7 Å². The van der Waals surface area contributed by atoms with E-state index in [4.69, 9.17) is 0 Å². The van der Waals surface area contributed by atoms with E-state index in [0.29, 0.717) is 0 Å². The van der Waals surface area contributed by atoms with Crippen molar-refractivity contribution in [3.05, 3.63) is 24.3 Å². The molecule has 0 fully saturated rings. The molecule has 0 spiro atoms. The SMILES string of the molecule is C=Cc1c(N(CCC)CCC)ccc(N(CCC)CCC)c1N(CCC)CCC. The van der Waals surface area contributed by atoms with E-state index in [1.54, 1.807) is 0 Å². The van der Waals surface area contributed by atoms with Gasteiger partial charge in [0.25, 0.3) is 0 Å². The zero-order valence-electron chi connectivity index (χ0n) is 20.3. The Morgan fingerprint density at radius 1 is 0.586 bits per heavy atom. The molecule has 0 N–H and O–H groups in total. The second-order valence-corrected chi connectivity index (χ2v) is 8.03. The van der Waals surface area contributed by atoms with E-state index in [1.807, 2.05) is 0 Å². The molecule has 0 saturated carbocycles. The minimum atomic E-state index is 1.10. The molecular weight excluding hydrogens is 354 g/mol. The van der Waals surface area contributed by atoms with E-state index in [0.717, 1.165) is 52.1 Å². The Labute approximate surface area is 181 Å². The van der Waals surface area contributed by atoms with Crippen LogP contribution < -0.4 is 14.7 Å². The molecule has 1 aromatic rings. The fourth-order valence-electron chi connectivity index (χ4n) is 4.31. The molecule has 3 nitrogen and oxygen atoms in total. The van der Waals surface area contributed by atoms with E-state index in [9.17, 15) is 0 Å². The van der Waals surface area contributed by atoms with E-state index >= 15 is 0 Å². The zero-order valence-corrected chi connectivity index (χ0v) is 20.3. The van der Waals surface area contributed by atoms with Crippen molar-refractivity contribution in [2.45, 2.75) is 80.1 Å². The quantitative estimate of drug-likeness (QED) is 0.290. The van der Waals surface area contributed by atoms with Gasteiger partial charge in [0.05, 0.1) is 11.4 Å². The molecular formula is C26H47N3. The maximum absolute atomic E-state index is 4.28. The molecule has 29 heavy (non-hydrogen) atoms. The molecule has 0 atom stereocenters. The molecule has 0 unspecified atom stereocenters. The average Bonchev–Trinajstić information content (AvgIpc) is 2.72. The Balaban J connectivity index is 3.69. The highest BCUT2D eigenvalue weighted by atomic mass is 15.2. The molecule has 1 rings (SSSR count). The van der Waals surface area contributed by atoms with E-state index < -0.39 is 0 Å². The van der Waals surface area contributed by atoms with Crippen LogP contribution in [0.2, 0.25) is 0 Å². The predicted molar refractivity (Wildman–Crippen MR) is 135 cm³/mol. The molecule has 0 heterocycles. The number of hydrogen-bond donors (Lipinski definition) is 0. The van der Waals surface area contributed by atoms with Gasteiger partial charge in [-0.05, 0) is 50.7 Å². The van der Waals surface area contributed by atoms with Crippen LogP contribution in [0.3, 0.4) is 0 Å². The number of hydrogen-bond acceptors (Lipinski definition) is 3. The van der Waals surface area contributed by atoms with Gasteiger partial charge in [0, 0.05) is 50.5 Å². The summed E-state index contributed by atoms with van der Waals surface area (Å²) >= 11 is 0. The second-order valence-electron chi connectivity index (χ2n) is 8.03. The average molecular weight is 402 g/mol. The summed E-state index contributed by atoms with van der Waals surface area (Å²) in [6.45, 7) is 24.6. The van der Waals surface area contributed by atoms with Crippen molar-refractivity contribution in [2.75, 3.05) is 54.0 Å². The van der Waals surface area contributed by atoms with Gasteiger partial charge in [-0.15, -0.1) is 0 Å². The molecule has 3 heteroatoms. The van der Waals surface area contributed by atoms with Gasteiger partial charge in [0.1, 0.15) is 0 Å². The molecule has 166 valence electrons. The van der Waals surface area contributed by atoms with Crippen LogP contribution in [0.1, 0.15) is 85.6 Å². The van der Waals surface area contributed by atoms with Crippen molar-refractivity contribution in [3.8, 4) is 0 Å². The highest BCUT2D eigenvalue weighted by molar-refractivity contribution is 5.88. The molecule has 0 saturated heterocycles. The Hall–Kier alpha value is -1.64. The summed E-state index contributed by atoms with van der Waals surface area (Å²) < 4.78 is 0. The third kappa shape index (κ3) is 6.97. The minimum absolute atomic E-state index is 1.10. The van der Waals surface area contributed by atoms with E-state index in [2.05, 4.69) is 81.0 Å². The molecule has 0 amide bonds. The van der Waals surface area contributed by atoms with Gasteiger partial charge < -0.3 is 14.7 Å². The zero-order chi connectivity index (χ0) is 21.6. The van der Waals surface area contributed by atoms with Gasteiger partial charge >= 0.3 is 0 Å². The fourth-order valence-corrected chi connectivity index (χ4v) is 4.31. The van der Waals surface area contributed by atoms with Crippen molar-refractivity contribution in [2.24, 2.45) is 0 Å². The number of rotatable bonds is 16. The first-order valence-corrected chi connectivity index (χ1v) is 12.2. The third-order valence-corrected chi connectivity index (χ3v) is 5.34. The van der Waals surface area contributed by atoms with Gasteiger partial charge in [-0.2, -0.15) is 0 Å². The lowest BCUT2D eigenvalue weighted by molar-refractivity contribution is 0.718. The molecule has 0 radical (unpaired) electrons. The van der Waals surface area contributed by atoms with Gasteiger partial charge in [-0.1, -0.05) is 54.2 Å². The maximum Gasteiger partial charge on any atom is 0.0698 e. The number of benzene rings is 1. The smallest absolute Gasteiger partial charge is 0.0698 e. The van der Waals surface area contributed by atoms with Crippen molar-refractivity contribution >= 4 is 23.1 Å². The summed E-state index contributed by atoms with van der Waals surface area (Å²) in [5.74, 6) is 0. The maximum atomic E-state index is 4.28. The van der Waals surface area contributed by atoms with Gasteiger partial charge in [-0.3, -0.25) is 0 Å². The fraction of sp³-hybridized carbons (Fsp3) is 0.692. The third-order valence-electron chi connectivity index (χ3n) is 5.34. The highest BCUT2D eigenvalue weighted by Crippen LogP contribution is 2.40. The van der Waals surface area contributed by atoms with Crippen LogP contribution >= 0.6 is 0 Å². The Morgan fingerprint density at radius 2 is 0.931 bits per heavy atom. The summed E-state index contributed by atoms with van der Waals surface area (Å²) in [4.78, 5) is 7.77. The second kappa shape index (κ2) is 14.4. The first-order valence-electron chi connectivity index (χ1n) is 12.2. The van der Waals surface area contributed by atoms with Crippen LogP contribution in [0.4, 0.5) is 17.1 Å². The lowest BCUT2D eigenvalue weighted by atomic mass is 10.0. The van der Waals surface area contributed by atoms with E-state index in [-0.39, 0.29) is 0 Å². The van der Waals surface area contributed by atoms with Crippen LogP contribution in [-0.4, -0.2) is 39.3 Å². The van der Waals surface area contributed by atoms with Crippen molar-refractivity contribution < 1.29 is 0 Å². The lowest BCUT2D eigenvalue weighted by Crippen LogP contribution is -2.33. The molecule has 0 aromatic heterocycles. The summed E-state index contributed by atoms with van der Waals surface area (Å²) in [6.07, 6.45) is 9.11. The Morgan fingerprint density at radius 3 is 1.31 bits per heavy atom. The van der Waals surface area contributed by atoms with Crippen LogP contribution in [0, 0.1) is 0 Å². The molecule has 0 aliphatic carbocycles. The largest absolute Gasteiger partial charge is 0.371 e. The Kier molecular flexibility index (Phi) is 12.6. The van der Waals surface area contributed by atoms with Crippen molar-refractivity contribution in [1.29, 1.82) is 0 Å². The van der Waals surface area contributed by atoms with Crippen molar-refractivity contribution in [3.63, 3.8) is 0 Å². The normalized spacial score (nSPS) is 10.8.